The average molecular weight is 557 g/mol. The van der Waals surface area contributed by atoms with Crippen molar-refractivity contribution in [3.8, 4) is 5.75 Å². The Kier molecular flexibility index (Phi) is 10.9. The third-order valence-corrected chi connectivity index (χ3v) is 6.91. The van der Waals surface area contributed by atoms with Gasteiger partial charge in [0, 0.05) is 45.9 Å². The van der Waals surface area contributed by atoms with Crippen LogP contribution in [0.15, 0.2) is 29.3 Å². The summed E-state index contributed by atoms with van der Waals surface area (Å²) in [5.41, 5.74) is 1.23. The smallest absolute Gasteiger partial charge is 0.191 e. The minimum Gasteiger partial charge on any atom is -0.490 e. The van der Waals surface area contributed by atoms with Gasteiger partial charge in [0.2, 0.25) is 0 Å². The highest BCUT2D eigenvalue weighted by Gasteiger charge is 2.24. The Morgan fingerprint density at radius 3 is 2.66 bits per heavy atom. The zero-order chi connectivity index (χ0) is 21.3. The minimum atomic E-state index is 0. The predicted octanol–water partition coefficient (Wildman–Crippen LogP) is 4.18. The van der Waals surface area contributed by atoms with E-state index in [2.05, 4.69) is 44.8 Å². The van der Waals surface area contributed by atoms with Crippen LogP contribution in [0.5, 0.6) is 5.75 Å². The first-order valence-electron chi connectivity index (χ1n) is 12.3. The molecule has 2 N–H and O–H groups in total. The molecule has 3 fully saturated rings. The van der Waals surface area contributed by atoms with E-state index in [1.165, 1.54) is 63.5 Å². The van der Waals surface area contributed by atoms with Crippen molar-refractivity contribution in [1.29, 1.82) is 0 Å². The highest BCUT2D eigenvalue weighted by Crippen LogP contribution is 2.24. The molecule has 180 valence electrons. The van der Waals surface area contributed by atoms with Gasteiger partial charge in [-0.05, 0) is 68.6 Å². The topological polar surface area (TPSA) is 58.1 Å². The van der Waals surface area contributed by atoms with Crippen LogP contribution in [0.1, 0.15) is 56.9 Å². The molecule has 2 aliphatic heterocycles. The van der Waals surface area contributed by atoms with E-state index < -0.39 is 0 Å². The number of likely N-dealkylation sites (tertiary alicyclic amines) is 1. The molecule has 32 heavy (non-hydrogen) atoms. The van der Waals surface area contributed by atoms with Crippen LogP contribution in [0.2, 0.25) is 0 Å². The number of hydrogen-bond donors (Lipinski definition) is 2. The van der Waals surface area contributed by atoms with Crippen LogP contribution in [0.4, 0.5) is 0 Å². The summed E-state index contributed by atoms with van der Waals surface area (Å²) in [7, 11) is 1.85. The number of rotatable bonds is 7. The molecule has 0 bridgehead atoms. The highest BCUT2D eigenvalue weighted by atomic mass is 127. The number of ether oxygens (including phenoxy) is 2. The Labute approximate surface area is 210 Å². The maximum absolute atomic E-state index is 6.22. The predicted molar refractivity (Wildman–Crippen MR) is 141 cm³/mol. The van der Waals surface area contributed by atoms with Crippen molar-refractivity contribution in [2.45, 2.75) is 70.1 Å². The Hall–Kier alpha value is -1.06. The molecular formula is C25H41IN4O2. The van der Waals surface area contributed by atoms with Gasteiger partial charge in [-0.3, -0.25) is 4.99 Å². The van der Waals surface area contributed by atoms with E-state index in [1.807, 2.05) is 7.05 Å². The summed E-state index contributed by atoms with van der Waals surface area (Å²) in [6, 6.07) is 8.98. The molecule has 1 aromatic rings. The fourth-order valence-corrected chi connectivity index (χ4v) is 5.03. The van der Waals surface area contributed by atoms with Gasteiger partial charge in [-0.15, -0.1) is 24.0 Å². The van der Waals surface area contributed by atoms with Crippen LogP contribution in [0.3, 0.4) is 0 Å². The molecule has 0 aromatic heterocycles. The molecule has 4 rings (SSSR count). The van der Waals surface area contributed by atoms with Gasteiger partial charge in [0.25, 0.3) is 0 Å². The van der Waals surface area contributed by atoms with Crippen molar-refractivity contribution in [3.63, 3.8) is 0 Å². The molecule has 2 heterocycles. The first-order chi connectivity index (χ1) is 15.3. The van der Waals surface area contributed by atoms with Crippen molar-refractivity contribution in [2.24, 2.45) is 10.9 Å². The van der Waals surface area contributed by atoms with E-state index in [0.29, 0.717) is 12.1 Å². The number of nitrogens with one attached hydrogen (secondary N) is 2. The normalized spacial score (nSPS) is 23.5. The van der Waals surface area contributed by atoms with E-state index in [-0.39, 0.29) is 24.0 Å². The van der Waals surface area contributed by atoms with Crippen molar-refractivity contribution in [3.05, 3.63) is 29.8 Å². The molecule has 1 unspecified atom stereocenters. The molecule has 1 saturated carbocycles. The van der Waals surface area contributed by atoms with E-state index >= 15 is 0 Å². The van der Waals surface area contributed by atoms with Crippen LogP contribution in [0.25, 0.3) is 0 Å². The summed E-state index contributed by atoms with van der Waals surface area (Å²) in [5.74, 6) is 2.62. The summed E-state index contributed by atoms with van der Waals surface area (Å²) in [5, 5.41) is 7.11. The number of nitrogens with zero attached hydrogens (tertiary/aromatic N) is 2. The molecule has 1 aromatic carbocycles. The lowest BCUT2D eigenvalue weighted by Gasteiger charge is -2.34. The fourth-order valence-electron chi connectivity index (χ4n) is 5.03. The quantitative estimate of drug-likeness (QED) is 0.300. The van der Waals surface area contributed by atoms with Gasteiger partial charge in [-0.2, -0.15) is 0 Å². The number of guanidine groups is 1. The molecule has 0 radical (unpaired) electrons. The van der Waals surface area contributed by atoms with Gasteiger partial charge >= 0.3 is 0 Å². The molecule has 1 atom stereocenters. The maximum atomic E-state index is 6.22. The van der Waals surface area contributed by atoms with Crippen LogP contribution in [-0.2, 0) is 11.3 Å². The standard InChI is InChI=1S/C25H40N4O2.HI/c1-26-25(28-22-10-13-29(14-11-22)18-21-12-15-30-19-21)27-17-20-6-5-9-24(16-20)31-23-7-3-2-4-8-23;/h5-6,9,16,21-23H,2-4,7-8,10-15,17-19H2,1H3,(H2,26,27,28);1H. The first-order valence-corrected chi connectivity index (χ1v) is 12.3. The second-order valence-corrected chi connectivity index (χ2v) is 9.40. The third kappa shape index (κ3) is 8.06. The average Bonchev–Trinajstić information content (AvgIpc) is 3.32. The number of piperidine rings is 1. The number of aliphatic imine (C=N–C) groups is 1. The fraction of sp³-hybridized carbons (Fsp3) is 0.720. The van der Waals surface area contributed by atoms with Gasteiger partial charge in [-0.25, -0.2) is 0 Å². The number of halogens is 1. The lowest BCUT2D eigenvalue weighted by atomic mass is 9.98. The van der Waals surface area contributed by atoms with Crippen molar-refractivity contribution in [2.75, 3.05) is 39.9 Å². The third-order valence-electron chi connectivity index (χ3n) is 6.91. The Morgan fingerprint density at radius 1 is 1.12 bits per heavy atom. The summed E-state index contributed by atoms with van der Waals surface area (Å²) in [6.07, 6.45) is 10.3. The molecule has 0 amide bonds. The SMILES string of the molecule is CN=C(NCc1cccc(OC2CCCCC2)c1)NC1CCN(CC2CCOC2)CC1.I. The second kappa shape index (κ2) is 13.6. The van der Waals surface area contributed by atoms with Crippen LogP contribution < -0.4 is 15.4 Å². The van der Waals surface area contributed by atoms with Crippen molar-refractivity contribution >= 4 is 29.9 Å². The lowest BCUT2D eigenvalue weighted by molar-refractivity contribution is 0.150. The molecule has 0 spiro atoms. The van der Waals surface area contributed by atoms with E-state index in [9.17, 15) is 0 Å². The molecule has 1 aliphatic carbocycles. The van der Waals surface area contributed by atoms with Gasteiger partial charge in [0.05, 0.1) is 12.7 Å². The van der Waals surface area contributed by atoms with E-state index in [0.717, 1.165) is 50.5 Å². The number of benzene rings is 1. The second-order valence-electron chi connectivity index (χ2n) is 9.40. The lowest BCUT2D eigenvalue weighted by Crippen LogP contribution is -2.49. The summed E-state index contributed by atoms with van der Waals surface area (Å²) >= 11 is 0. The molecule has 2 saturated heterocycles. The molecular weight excluding hydrogens is 515 g/mol. The van der Waals surface area contributed by atoms with Crippen LogP contribution in [0, 0.1) is 5.92 Å². The summed E-state index contributed by atoms with van der Waals surface area (Å²) in [6.45, 7) is 6.15. The van der Waals surface area contributed by atoms with Gasteiger partial charge in [0.15, 0.2) is 5.96 Å². The maximum Gasteiger partial charge on any atom is 0.191 e. The van der Waals surface area contributed by atoms with Gasteiger partial charge < -0.3 is 25.0 Å². The van der Waals surface area contributed by atoms with Crippen molar-refractivity contribution in [1.82, 2.24) is 15.5 Å². The zero-order valence-corrected chi connectivity index (χ0v) is 21.9. The van der Waals surface area contributed by atoms with E-state index in [1.54, 1.807) is 0 Å². The Balaban J connectivity index is 0.00000289. The molecule has 7 heteroatoms. The Morgan fingerprint density at radius 2 is 1.94 bits per heavy atom. The largest absolute Gasteiger partial charge is 0.490 e. The zero-order valence-electron chi connectivity index (χ0n) is 19.6. The van der Waals surface area contributed by atoms with Gasteiger partial charge in [-0.1, -0.05) is 18.6 Å². The first kappa shape index (κ1) is 25.6. The van der Waals surface area contributed by atoms with Crippen LogP contribution >= 0.6 is 24.0 Å². The molecule has 6 nitrogen and oxygen atoms in total. The monoisotopic (exact) mass is 556 g/mol. The van der Waals surface area contributed by atoms with E-state index in [4.69, 9.17) is 9.47 Å². The minimum absolute atomic E-state index is 0. The van der Waals surface area contributed by atoms with Crippen LogP contribution in [-0.4, -0.2) is 62.9 Å². The molecule has 3 aliphatic rings. The summed E-state index contributed by atoms with van der Waals surface area (Å²) < 4.78 is 11.7. The van der Waals surface area contributed by atoms with Crippen molar-refractivity contribution < 1.29 is 9.47 Å². The highest BCUT2D eigenvalue weighted by molar-refractivity contribution is 14.0. The summed E-state index contributed by atoms with van der Waals surface area (Å²) in [4.78, 5) is 7.05. The Bertz CT molecular complexity index is 697. The van der Waals surface area contributed by atoms with Gasteiger partial charge in [0.1, 0.15) is 5.75 Å². The number of hydrogen-bond acceptors (Lipinski definition) is 4.